The largest absolute Gasteiger partial charge is 0.206 e. The Hall–Kier alpha value is -3.07. The van der Waals surface area contributed by atoms with Crippen LogP contribution in [0.3, 0.4) is 0 Å². The zero-order chi connectivity index (χ0) is 19.0. The predicted molar refractivity (Wildman–Crippen MR) is 104 cm³/mol. The van der Waals surface area contributed by atoms with E-state index in [0.717, 1.165) is 23.6 Å². The molecule has 0 amide bonds. The number of hydrogen-bond acceptors (Lipinski definition) is 0. The quantitative estimate of drug-likeness (QED) is 0.363. The third kappa shape index (κ3) is 3.21. The van der Waals surface area contributed by atoms with Gasteiger partial charge in [0.15, 0.2) is 11.6 Å². The monoisotopic (exact) mass is 362 g/mol. The van der Waals surface area contributed by atoms with Crippen molar-refractivity contribution in [3.8, 4) is 22.3 Å². The van der Waals surface area contributed by atoms with Gasteiger partial charge in [-0.15, -0.1) is 0 Å². The summed E-state index contributed by atoms with van der Waals surface area (Å²) in [5.41, 5.74) is 4.03. The molecule has 0 aliphatic rings. The average Bonchev–Trinajstić information content (AvgIpc) is 2.70. The second kappa shape index (κ2) is 6.92. The summed E-state index contributed by atoms with van der Waals surface area (Å²) in [5, 5.41) is 0.719. The first kappa shape index (κ1) is 17.3. The molecule has 4 rings (SSSR count). The number of aryl methyl sites for hydroxylation is 1. The van der Waals surface area contributed by atoms with E-state index in [1.54, 1.807) is 18.2 Å². The highest BCUT2D eigenvalue weighted by Crippen LogP contribution is 2.31. The minimum absolute atomic E-state index is 0.187. The first-order valence-electron chi connectivity index (χ1n) is 8.84. The van der Waals surface area contributed by atoms with E-state index < -0.39 is 11.6 Å². The highest BCUT2D eigenvalue weighted by molar-refractivity contribution is 5.88. The third-order valence-corrected chi connectivity index (χ3v) is 4.88. The Kier molecular flexibility index (Phi) is 4.44. The molecule has 0 N–H and O–H groups in total. The van der Waals surface area contributed by atoms with Gasteiger partial charge >= 0.3 is 0 Å². The molecule has 0 fully saturated rings. The van der Waals surface area contributed by atoms with Crippen LogP contribution in [0.1, 0.15) is 12.5 Å². The van der Waals surface area contributed by atoms with Gasteiger partial charge in [0, 0.05) is 10.9 Å². The van der Waals surface area contributed by atoms with Crippen LogP contribution < -0.4 is 0 Å². The molecule has 0 nitrogen and oxygen atoms in total. The lowest BCUT2D eigenvalue weighted by Gasteiger charge is -2.09. The highest BCUT2D eigenvalue weighted by atomic mass is 19.2. The Labute approximate surface area is 155 Å². The molecule has 0 spiro atoms. The summed E-state index contributed by atoms with van der Waals surface area (Å²) >= 11 is 0. The van der Waals surface area contributed by atoms with Crippen LogP contribution in [0.15, 0.2) is 72.8 Å². The summed E-state index contributed by atoms with van der Waals surface area (Å²) in [6.07, 6.45) is 0.958. The average molecular weight is 362 g/mol. The maximum absolute atomic E-state index is 14.8. The molecule has 0 aromatic heterocycles. The van der Waals surface area contributed by atoms with Crippen molar-refractivity contribution in [2.75, 3.05) is 0 Å². The van der Waals surface area contributed by atoms with E-state index in [-0.39, 0.29) is 11.2 Å². The van der Waals surface area contributed by atoms with Crippen molar-refractivity contribution in [2.24, 2.45) is 0 Å². The molecular formula is C24H17F3. The van der Waals surface area contributed by atoms with Gasteiger partial charge < -0.3 is 0 Å². The molecule has 4 aromatic rings. The minimum atomic E-state index is -0.889. The van der Waals surface area contributed by atoms with Crippen LogP contribution in [-0.2, 0) is 6.42 Å². The van der Waals surface area contributed by atoms with E-state index >= 15 is 0 Å². The molecule has 0 aliphatic heterocycles. The molecule has 0 unspecified atom stereocenters. The second-order valence-electron chi connectivity index (χ2n) is 6.54. The van der Waals surface area contributed by atoms with Gasteiger partial charge in [0.25, 0.3) is 0 Å². The maximum Gasteiger partial charge on any atom is 0.166 e. The van der Waals surface area contributed by atoms with Crippen molar-refractivity contribution in [2.45, 2.75) is 13.3 Å². The van der Waals surface area contributed by atoms with E-state index in [1.165, 1.54) is 23.8 Å². The van der Waals surface area contributed by atoms with Gasteiger partial charge in [0.2, 0.25) is 0 Å². The summed E-state index contributed by atoms with van der Waals surface area (Å²) in [5.74, 6) is -2.13. The van der Waals surface area contributed by atoms with E-state index in [4.69, 9.17) is 0 Å². The number of benzene rings is 4. The van der Waals surface area contributed by atoms with Crippen molar-refractivity contribution in [3.63, 3.8) is 0 Å². The fraction of sp³-hybridized carbons (Fsp3) is 0.0833. The van der Waals surface area contributed by atoms with E-state index in [0.29, 0.717) is 16.5 Å². The van der Waals surface area contributed by atoms with Gasteiger partial charge in [-0.25, -0.2) is 13.2 Å². The highest BCUT2D eigenvalue weighted by Gasteiger charge is 2.11. The fourth-order valence-electron chi connectivity index (χ4n) is 3.29. The van der Waals surface area contributed by atoms with Crippen molar-refractivity contribution in [1.82, 2.24) is 0 Å². The molecule has 0 bridgehead atoms. The topological polar surface area (TPSA) is 0 Å². The molecule has 27 heavy (non-hydrogen) atoms. The van der Waals surface area contributed by atoms with Gasteiger partial charge in [0.05, 0.1) is 0 Å². The van der Waals surface area contributed by atoms with Crippen LogP contribution in [-0.4, -0.2) is 0 Å². The van der Waals surface area contributed by atoms with Crippen molar-refractivity contribution in [1.29, 1.82) is 0 Å². The summed E-state index contributed by atoms with van der Waals surface area (Å²) in [7, 11) is 0. The van der Waals surface area contributed by atoms with Gasteiger partial charge in [-0.3, -0.25) is 0 Å². The molecule has 134 valence electrons. The normalized spacial score (nSPS) is 11.1. The number of rotatable bonds is 3. The molecule has 0 saturated heterocycles. The number of hydrogen-bond donors (Lipinski definition) is 0. The zero-order valence-electron chi connectivity index (χ0n) is 14.8. The van der Waals surface area contributed by atoms with Crippen LogP contribution in [0.4, 0.5) is 13.2 Å². The molecule has 0 atom stereocenters. The van der Waals surface area contributed by atoms with Gasteiger partial charge in [-0.05, 0) is 52.3 Å². The standard InChI is InChI=1S/C24H17F3/c1-2-15-3-5-16(6-4-15)17-7-10-20(23(26)14-17)18-8-11-21-19(13-18)9-12-22(25)24(21)27/h3-14H,2H2,1H3. The number of halogens is 3. The second-order valence-corrected chi connectivity index (χ2v) is 6.54. The van der Waals surface area contributed by atoms with E-state index in [9.17, 15) is 13.2 Å². The predicted octanol–water partition coefficient (Wildman–Crippen LogP) is 7.15. The molecule has 0 saturated carbocycles. The Morgan fingerprint density at radius 3 is 2.04 bits per heavy atom. The smallest absolute Gasteiger partial charge is 0.166 e. The summed E-state index contributed by atoms with van der Waals surface area (Å²) in [6, 6.07) is 20.5. The third-order valence-electron chi connectivity index (χ3n) is 4.88. The lowest BCUT2D eigenvalue weighted by molar-refractivity contribution is 0.517. The molecule has 0 heterocycles. The summed E-state index contributed by atoms with van der Waals surface area (Å²) in [6.45, 7) is 2.09. The van der Waals surface area contributed by atoms with E-state index in [2.05, 4.69) is 6.92 Å². The first-order chi connectivity index (χ1) is 13.1. The van der Waals surface area contributed by atoms with Gasteiger partial charge in [-0.2, -0.15) is 0 Å². The lowest BCUT2D eigenvalue weighted by atomic mass is 9.97. The van der Waals surface area contributed by atoms with Gasteiger partial charge in [-0.1, -0.05) is 61.5 Å². The SMILES string of the molecule is CCc1ccc(-c2ccc(-c3ccc4c(F)c(F)ccc4c3)c(F)c2)cc1. The Balaban J connectivity index is 1.74. The fourth-order valence-corrected chi connectivity index (χ4v) is 3.29. The van der Waals surface area contributed by atoms with Crippen LogP contribution in [0.5, 0.6) is 0 Å². The van der Waals surface area contributed by atoms with Crippen molar-refractivity contribution < 1.29 is 13.2 Å². The summed E-state index contributed by atoms with van der Waals surface area (Å²) in [4.78, 5) is 0. The van der Waals surface area contributed by atoms with Crippen LogP contribution >= 0.6 is 0 Å². The lowest BCUT2D eigenvalue weighted by Crippen LogP contribution is -1.90. The van der Waals surface area contributed by atoms with Crippen LogP contribution in [0.25, 0.3) is 33.0 Å². The van der Waals surface area contributed by atoms with Crippen LogP contribution in [0, 0.1) is 17.5 Å². The maximum atomic E-state index is 14.8. The molecule has 3 heteroatoms. The molecule has 0 radical (unpaired) electrons. The van der Waals surface area contributed by atoms with Crippen molar-refractivity contribution >= 4 is 10.8 Å². The van der Waals surface area contributed by atoms with E-state index in [1.807, 2.05) is 30.3 Å². The minimum Gasteiger partial charge on any atom is -0.206 e. The van der Waals surface area contributed by atoms with Crippen LogP contribution in [0.2, 0.25) is 0 Å². The van der Waals surface area contributed by atoms with Gasteiger partial charge in [0.1, 0.15) is 5.82 Å². The molecule has 0 aliphatic carbocycles. The zero-order valence-corrected chi connectivity index (χ0v) is 14.8. The Morgan fingerprint density at radius 2 is 1.33 bits per heavy atom. The Bertz CT molecular complexity index is 1130. The van der Waals surface area contributed by atoms with Crippen molar-refractivity contribution in [3.05, 3.63) is 95.8 Å². The summed E-state index contributed by atoms with van der Waals surface area (Å²) < 4.78 is 42.0. The molecule has 4 aromatic carbocycles. The molecular weight excluding hydrogens is 345 g/mol. The first-order valence-corrected chi connectivity index (χ1v) is 8.84. The Morgan fingerprint density at radius 1 is 0.630 bits per heavy atom. The number of fused-ring (bicyclic) bond motifs is 1.